The average molecular weight is 359 g/mol. The number of amides is 1. The fourth-order valence-electron chi connectivity index (χ4n) is 3.61. The van der Waals surface area contributed by atoms with E-state index >= 15 is 0 Å². The van der Waals surface area contributed by atoms with Crippen molar-refractivity contribution in [2.45, 2.75) is 19.9 Å². The molecule has 2 heterocycles. The molecule has 1 saturated heterocycles. The van der Waals surface area contributed by atoms with E-state index in [1.807, 2.05) is 29.3 Å². The second-order valence-electron chi connectivity index (χ2n) is 7.36. The van der Waals surface area contributed by atoms with E-state index in [1.165, 1.54) is 16.5 Å². The van der Waals surface area contributed by atoms with E-state index in [0.29, 0.717) is 6.42 Å². The first-order valence-corrected chi connectivity index (χ1v) is 9.57. The Morgan fingerprint density at radius 1 is 0.963 bits per heavy atom. The van der Waals surface area contributed by atoms with Crippen molar-refractivity contribution in [3.63, 3.8) is 0 Å². The van der Waals surface area contributed by atoms with Crippen LogP contribution in [0.3, 0.4) is 0 Å². The van der Waals surface area contributed by atoms with Gasteiger partial charge in [0.15, 0.2) is 0 Å². The van der Waals surface area contributed by atoms with E-state index in [-0.39, 0.29) is 5.91 Å². The molecule has 4 nitrogen and oxygen atoms in total. The fourth-order valence-corrected chi connectivity index (χ4v) is 3.61. The lowest BCUT2D eigenvalue weighted by atomic mass is 10.1. The van der Waals surface area contributed by atoms with Gasteiger partial charge in [0, 0.05) is 44.3 Å². The Labute approximate surface area is 160 Å². The summed E-state index contributed by atoms with van der Waals surface area (Å²) in [6.45, 7) is 6.37. The van der Waals surface area contributed by atoms with Crippen molar-refractivity contribution in [2.24, 2.45) is 0 Å². The van der Waals surface area contributed by atoms with E-state index in [4.69, 9.17) is 0 Å². The molecule has 138 valence electrons. The first-order chi connectivity index (χ1) is 13.2. The average Bonchev–Trinajstić information content (AvgIpc) is 2.70. The summed E-state index contributed by atoms with van der Waals surface area (Å²) in [5, 5.41) is 1.18. The Hall–Kier alpha value is -2.72. The van der Waals surface area contributed by atoms with Gasteiger partial charge in [-0.25, -0.2) is 0 Å². The van der Waals surface area contributed by atoms with Crippen LogP contribution in [0.5, 0.6) is 0 Å². The lowest BCUT2D eigenvalue weighted by Crippen LogP contribution is -2.48. The molecule has 1 aliphatic rings. The van der Waals surface area contributed by atoms with E-state index in [2.05, 4.69) is 53.2 Å². The molecule has 0 spiro atoms. The van der Waals surface area contributed by atoms with Crippen molar-refractivity contribution in [1.29, 1.82) is 0 Å². The quantitative estimate of drug-likeness (QED) is 0.716. The molecule has 4 rings (SSSR count). The number of pyridine rings is 1. The number of fused-ring (bicyclic) bond motifs is 1. The molecule has 4 heteroatoms. The van der Waals surface area contributed by atoms with Crippen LogP contribution in [-0.4, -0.2) is 46.9 Å². The van der Waals surface area contributed by atoms with Gasteiger partial charge in [0.05, 0.1) is 11.9 Å². The van der Waals surface area contributed by atoms with Crippen molar-refractivity contribution < 1.29 is 4.79 Å². The molecule has 0 radical (unpaired) electrons. The zero-order valence-electron chi connectivity index (χ0n) is 15.8. The second-order valence-corrected chi connectivity index (χ2v) is 7.36. The van der Waals surface area contributed by atoms with Crippen LogP contribution in [0, 0.1) is 6.92 Å². The molecule has 0 bridgehead atoms. The zero-order valence-corrected chi connectivity index (χ0v) is 15.8. The number of aryl methyl sites for hydroxylation is 1. The summed E-state index contributed by atoms with van der Waals surface area (Å²) in [5.41, 5.74) is 4.58. The molecule has 27 heavy (non-hydrogen) atoms. The highest BCUT2D eigenvalue weighted by Gasteiger charge is 2.21. The van der Waals surface area contributed by atoms with Gasteiger partial charge in [-0.3, -0.25) is 14.7 Å². The molecule has 2 aromatic carbocycles. The molecule has 1 aliphatic heterocycles. The van der Waals surface area contributed by atoms with Gasteiger partial charge in [0.25, 0.3) is 0 Å². The molecule has 0 unspecified atom stereocenters. The summed E-state index contributed by atoms with van der Waals surface area (Å²) in [7, 11) is 0. The topological polar surface area (TPSA) is 36.4 Å². The maximum absolute atomic E-state index is 12.6. The van der Waals surface area contributed by atoms with Gasteiger partial charge in [0.1, 0.15) is 0 Å². The predicted molar refractivity (Wildman–Crippen MR) is 108 cm³/mol. The van der Waals surface area contributed by atoms with Crippen molar-refractivity contribution in [3.8, 4) is 0 Å². The van der Waals surface area contributed by atoms with Crippen LogP contribution in [0.25, 0.3) is 10.9 Å². The van der Waals surface area contributed by atoms with Gasteiger partial charge in [-0.1, -0.05) is 48.0 Å². The Balaban J connectivity index is 1.31. The normalized spacial score (nSPS) is 15.2. The third kappa shape index (κ3) is 4.34. The Kier molecular flexibility index (Phi) is 5.16. The zero-order chi connectivity index (χ0) is 18.6. The maximum Gasteiger partial charge on any atom is 0.227 e. The highest BCUT2D eigenvalue weighted by Crippen LogP contribution is 2.15. The highest BCUT2D eigenvalue weighted by atomic mass is 16.2. The van der Waals surface area contributed by atoms with E-state index < -0.39 is 0 Å². The molecule has 1 aromatic heterocycles. The van der Waals surface area contributed by atoms with E-state index in [9.17, 15) is 4.79 Å². The predicted octanol–water partition coefficient (Wildman–Crippen LogP) is 3.43. The number of aromatic nitrogens is 1. The Bertz CT molecular complexity index is 928. The standard InChI is InChI=1S/C23H25N3O/c1-18-6-8-19(9-7-18)15-23(27)26-12-10-25(11-13-26)17-20-14-21-4-2-3-5-22(21)24-16-20/h2-9,14,16H,10-13,15,17H2,1H3. The van der Waals surface area contributed by atoms with Crippen molar-refractivity contribution >= 4 is 16.8 Å². The van der Waals surface area contributed by atoms with Gasteiger partial charge >= 0.3 is 0 Å². The van der Waals surface area contributed by atoms with Gasteiger partial charge in [-0.2, -0.15) is 0 Å². The van der Waals surface area contributed by atoms with Crippen LogP contribution in [-0.2, 0) is 17.8 Å². The molecule has 0 saturated carbocycles. The minimum Gasteiger partial charge on any atom is -0.340 e. The first kappa shape index (κ1) is 17.7. The second kappa shape index (κ2) is 7.89. The summed E-state index contributed by atoms with van der Waals surface area (Å²) in [6, 6.07) is 18.7. The molecule has 0 aliphatic carbocycles. The Morgan fingerprint density at radius 3 is 2.48 bits per heavy atom. The molecule has 1 fully saturated rings. The molecular formula is C23H25N3O. The van der Waals surface area contributed by atoms with Crippen molar-refractivity contribution in [1.82, 2.24) is 14.8 Å². The Morgan fingerprint density at radius 2 is 1.70 bits per heavy atom. The van der Waals surface area contributed by atoms with E-state index in [0.717, 1.165) is 43.8 Å². The lowest BCUT2D eigenvalue weighted by Gasteiger charge is -2.34. The number of nitrogens with zero attached hydrogens (tertiary/aromatic N) is 3. The number of hydrogen-bond acceptors (Lipinski definition) is 3. The number of rotatable bonds is 4. The van der Waals surface area contributed by atoms with Crippen LogP contribution in [0.15, 0.2) is 60.8 Å². The number of carbonyl (C=O) groups excluding carboxylic acids is 1. The number of piperazine rings is 1. The van der Waals surface area contributed by atoms with Gasteiger partial charge in [-0.05, 0) is 30.2 Å². The summed E-state index contributed by atoms with van der Waals surface area (Å²) < 4.78 is 0. The minimum absolute atomic E-state index is 0.228. The number of hydrogen-bond donors (Lipinski definition) is 0. The molecule has 3 aromatic rings. The third-order valence-electron chi connectivity index (χ3n) is 5.25. The third-order valence-corrected chi connectivity index (χ3v) is 5.25. The minimum atomic E-state index is 0.228. The fraction of sp³-hybridized carbons (Fsp3) is 0.304. The monoisotopic (exact) mass is 359 g/mol. The highest BCUT2D eigenvalue weighted by molar-refractivity contribution is 5.79. The summed E-state index contributed by atoms with van der Waals surface area (Å²) in [4.78, 5) is 21.5. The summed E-state index contributed by atoms with van der Waals surface area (Å²) in [6.07, 6.45) is 2.46. The summed E-state index contributed by atoms with van der Waals surface area (Å²) >= 11 is 0. The SMILES string of the molecule is Cc1ccc(CC(=O)N2CCN(Cc3cnc4ccccc4c3)CC2)cc1. The smallest absolute Gasteiger partial charge is 0.227 e. The van der Waals surface area contributed by atoms with Crippen molar-refractivity contribution in [3.05, 3.63) is 77.5 Å². The largest absolute Gasteiger partial charge is 0.340 e. The number of para-hydroxylation sites is 1. The molecule has 0 N–H and O–H groups in total. The molecule has 0 atom stereocenters. The van der Waals surface area contributed by atoms with Crippen LogP contribution >= 0.6 is 0 Å². The number of carbonyl (C=O) groups is 1. The maximum atomic E-state index is 12.6. The van der Waals surface area contributed by atoms with Crippen molar-refractivity contribution in [2.75, 3.05) is 26.2 Å². The molecular weight excluding hydrogens is 334 g/mol. The first-order valence-electron chi connectivity index (χ1n) is 9.57. The van der Waals surface area contributed by atoms with Crippen LogP contribution in [0.4, 0.5) is 0 Å². The van der Waals surface area contributed by atoms with Gasteiger partial charge in [-0.15, -0.1) is 0 Å². The van der Waals surface area contributed by atoms with Gasteiger partial charge < -0.3 is 4.90 Å². The molecule has 1 amide bonds. The summed E-state index contributed by atoms with van der Waals surface area (Å²) in [5.74, 6) is 0.228. The van der Waals surface area contributed by atoms with Gasteiger partial charge in [0.2, 0.25) is 5.91 Å². The van der Waals surface area contributed by atoms with Crippen LogP contribution < -0.4 is 0 Å². The number of benzene rings is 2. The van der Waals surface area contributed by atoms with Crippen LogP contribution in [0.2, 0.25) is 0 Å². The van der Waals surface area contributed by atoms with E-state index in [1.54, 1.807) is 0 Å². The lowest BCUT2D eigenvalue weighted by molar-refractivity contribution is -0.132. The van der Waals surface area contributed by atoms with Crippen LogP contribution in [0.1, 0.15) is 16.7 Å².